The molecule has 13 heavy (non-hydrogen) atoms. The highest BCUT2D eigenvalue weighted by atomic mass is 19.3. The first kappa shape index (κ1) is 10.9. The van der Waals surface area contributed by atoms with E-state index in [2.05, 4.69) is 13.8 Å². The number of hydrogen-bond donors (Lipinski definition) is 1. The normalized spacial score (nSPS) is 24.7. The number of hydrogen-bond acceptors (Lipinski definition) is 1. The van der Waals surface area contributed by atoms with Crippen molar-refractivity contribution >= 4 is 0 Å². The Labute approximate surface area is 78.1 Å². The lowest BCUT2D eigenvalue weighted by Gasteiger charge is -2.37. The Balaban J connectivity index is 2.50. The number of aliphatic hydroxyl groups excluding tert-OH is 1. The molecule has 0 heterocycles. The van der Waals surface area contributed by atoms with Gasteiger partial charge in [0.2, 0.25) is 0 Å². The van der Waals surface area contributed by atoms with Crippen LogP contribution in [0.1, 0.15) is 39.5 Å². The van der Waals surface area contributed by atoms with Crippen LogP contribution < -0.4 is 0 Å². The maximum absolute atomic E-state index is 13.0. The average Bonchev–Trinajstić information content (AvgIpc) is 2.04. The first-order valence-electron chi connectivity index (χ1n) is 4.86. The Morgan fingerprint density at radius 2 is 1.77 bits per heavy atom. The van der Waals surface area contributed by atoms with Crippen molar-refractivity contribution in [1.82, 2.24) is 0 Å². The molecule has 0 aromatic heterocycles. The third-order valence-electron chi connectivity index (χ3n) is 3.15. The van der Waals surface area contributed by atoms with Crippen LogP contribution in [-0.2, 0) is 0 Å². The fourth-order valence-corrected chi connectivity index (χ4v) is 1.95. The van der Waals surface area contributed by atoms with Crippen LogP contribution in [-0.4, -0.2) is 17.6 Å². The molecule has 0 aliphatic heterocycles. The molecule has 1 nitrogen and oxygen atoms in total. The van der Waals surface area contributed by atoms with Gasteiger partial charge in [-0.15, -0.1) is 0 Å². The molecule has 0 radical (unpaired) electrons. The molecule has 0 amide bonds. The van der Waals surface area contributed by atoms with Gasteiger partial charge in [0.15, 0.2) is 0 Å². The molecule has 1 aliphatic rings. The molecule has 0 aromatic rings. The standard InChI is InChI=1S/C10H18F2O/c1-9(2)5-3-8(4-6-9)10(11,12)7-13/h8,13H,3-7H2,1-2H3. The van der Waals surface area contributed by atoms with Crippen LogP contribution >= 0.6 is 0 Å². The van der Waals surface area contributed by atoms with Crippen LogP contribution in [0.2, 0.25) is 0 Å². The second-order valence-electron chi connectivity index (χ2n) is 4.86. The number of aliphatic hydroxyl groups is 1. The summed E-state index contributed by atoms with van der Waals surface area (Å²) in [5.41, 5.74) is 0.210. The first-order chi connectivity index (χ1) is 5.87. The van der Waals surface area contributed by atoms with Crippen LogP contribution in [0.15, 0.2) is 0 Å². The predicted octanol–water partition coefficient (Wildman–Crippen LogP) is 2.83. The van der Waals surface area contributed by atoms with E-state index in [0.29, 0.717) is 12.8 Å². The van der Waals surface area contributed by atoms with E-state index in [-0.39, 0.29) is 5.41 Å². The lowest BCUT2D eigenvalue weighted by molar-refractivity contribution is -0.114. The van der Waals surface area contributed by atoms with Gasteiger partial charge in [-0.1, -0.05) is 13.8 Å². The van der Waals surface area contributed by atoms with E-state index in [9.17, 15) is 8.78 Å². The molecule has 0 unspecified atom stereocenters. The summed E-state index contributed by atoms with van der Waals surface area (Å²) in [6, 6.07) is 0. The van der Waals surface area contributed by atoms with Gasteiger partial charge < -0.3 is 5.11 Å². The van der Waals surface area contributed by atoms with E-state index >= 15 is 0 Å². The minimum absolute atomic E-state index is 0.210. The summed E-state index contributed by atoms with van der Waals surface area (Å²) >= 11 is 0. The number of rotatable bonds is 2. The quantitative estimate of drug-likeness (QED) is 0.713. The highest BCUT2D eigenvalue weighted by Gasteiger charge is 2.42. The number of halogens is 2. The smallest absolute Gasteiger partial charge is 0.273 e. The number of alkyl halides is 2. The van der Waals surface area contributed by atoms with Crippen LogP contribution in [0.3, 0.4) is 0 Å². The molecule has 1 aliphatic carbocycles. The minimum Gasteiger partial charge on any atom is -0.390 e. The van der Waals surface area contributed by atoms with Crippen molar-refractivity contribution in [2.75, 3.05) is 6.61 Å². The molecule has 0 aromatic carbocycles. The van der Waals surface area contributed by atoms with E-state index in [1.165, 1.54) is 0 Å². The fourth-order valence-electron chi connectivity index (χ4n) is 1.95. The van der Waals surface area contributed by atoms with Gasteiger partial charge in [0.1, 0.15) is 6.61 Å². The summed E-state index contributed by atoms with van der Waals surface area (Å²) in [6.45, 7) is 3.22. The summed E-state index contributed by atoms with van der Waals surface area (Å²) in [4.78, 5) is 0. The molecule has 1 fully saturated rings. The lowest BCUT2D eigenvalue weighted by atomic mass is 9.71. The van der Waals surface area contributed by atoms with Crippen molar-refractivity contribution in [3.05, 3.63) is 0 Å². The topological polar surface area (TPSA) is 20.2 Å². The fraction of sp³-hybridized carbons (Fsp3) is 1.00. The summed E-state index contributed by atoms with van der Waals surface area (Å²) < 4.78 is 26.1. The van der Waals surface area contributed by atoms with E-state index in [1.807, 2.05) is 0 Å². The zero-order valence-electron chi connectivity index (χ0n) is 8.32. The third-order valence-corrected chi connectivity index (χ3v) is 3.15. The monoisotopic (exact) mass is 192 g/mol. The summed E-state index contributed by atoms with van der Waals surface area (Å²) in [7, 11) is 0. The van der Waals surface area contributed by atoms with Crippen LogP contribution in [0.4, 0.5) is 8.78 Å². The van der Waals surface area contributed by atoms with Gasteiger partial charge >= 0.3 is 0 Å². The molecule has 0 saturated heterocycles. The van der Waals surface area contributed by atoms with Crippen molar-refractivity contribution in [3.63, 3.8) is 0 Å². The Bertz CT molecular complexity index is 168. The summed E-state index contributed by atoms with van der Waals surface area (Å²) in [5.74, 6) is -3.47. The maximum atomic E-state index is 13.0. The molecular weight excluding hydrogens is 174 g/mol. The third kappa shape index (κ3) is 2.63. The molecule has 1 rings (SSSR count). The average molecular weight is 192 g/mol. The van der Waals surface area contributed by atoms with E-state index < -0.39 is 18.4 Å². The molecule has 0 spiro atoms. The molecular formula is C10H18F2O. The van der Waals surface area contributed by atoms with E-state index in [0.717, 1.165) is 12.8 Å². The summed E-state index contributed by atoms with van der Waals surface area (Å²) in [5, 5.41) is 8.53. The van der Waals surface area contributed by atoms with Crippen molar-refractivity contribution in [2.24, 2.45) is 11.3 Å². The van der Waals surface area contributed by atoms with E-state index in [4.69, 9.17) is 5.11 Å². The van der Waals surface area contributed by atoms with Crippen molar-refractivity contribution in [3.8, 4) is 0 Å². The van der Waals surface area contributed by atoms with Gasteiger partial charge in [-0.3, -0.25) is 0 Å². The predicted molar refractivity (Wildman–Crippen MR) is 47.8 cm³/mol. The Morgan fingerprint density at radius 1 is 1.31 bits per heavy atom. The zero-order valence-corrected chi connectivity index (χ0v) is 8.32. The molecule has 1 N–H and O–H groups in total. The van der Waals surface area contributed by atoms with Gasteiger partial charge in [0, 0.05) is 5.92 Å². The Morgan fingerprint density at radius 3 is 2.15 bits per heavy atom. The van der Waals surface area contributed by atoms with Crippen LogP contribution in [0.5, 0.6) is 0 Å². The lowest BCUT2D eigenvalue weighted by Crippen LogP contribution is -2.36. The van der Waals surface area contributed by atoms with Gasteiger partial charge in [0.05, 0.1) is 0 Å². The molecule has 3 heteroatoms. The van der Waals surface area contributed by atoms with Crippen LogP contribution in [0.25, 0.3) is 0 Å². The SMILES string of the molecule is CC1(C)CCC(C(F)(F)CO)CC1. The van der Waals surface area contributed by atoms with Gasteiger partial charge in [-0.05, 0) is 31.1 Å². The zero-order chi connectivity index (χ0) is 10.1. The van der Waals surface area contributed by atoms with Gasteiger partial charge in [0.25, 0.3) is 5.92 Å². The van der Waals surface area contributed by atoms with Crippen molar-refractivity contribution in [2.45, 2.75) is 45.5 Å². The first-order valence-corrected chi connectivity index (χ1v) is 4.86. The second kappa shape index (κ2) is 3.52. The second-order valence-corrected chi connectivity index (χ2v) is 4.86. The minimum atomic E-state index is -2.86. The molecule has 1 saturated carbocycles. The highest BCUT2D eigenvalue weighted by Crippen LogP contribution is 2.43. The molecule has 0 atom stereocenters. The van der Waals surface area contributed by atoms with Gasteiger partial charge in [-0.25, -0.2) is 8.78 Å². The molecule has 0 bridgehead atoms. The maximum Gasteiger partial charge on any atom is 0.273 e. The van der Waals surface area contributed by atoms with Crippen LogP contribution in [0, 0.1) is 11.3 Å². The Hall–Kier alpha value is -0.180. The highest BCUT2D eigenvalue weighted by molar-refractivity contribution is 4.85. The summed E-state index contributed by atoms with van der Waals surface area (Å²) in [6.07, 6.45) is 2.77. The molecule has 78 valence electrons. The van der Waals surface area contributed by atoms with Gasteiger partial charge in [-0.2, -0.15) is 0 Å². The van der Waals surface area contributed by atoms with Crippen molar-refractivity contribution < 1.29 is 13.9 Å². The Kier molecular flexibility index (Phi) is 2.95. The largest absolute Gasteiger partial charge is 0.390 e. The van der Waals surface area contributed by atoms with Crippen molar-refractivity contribution in [1.29, 1.82) is 0 Å². The van der Waals surface area contributed by atoms with E-state index in [1.54, 1.807) is 0 Å².